The Kier molecular flexibility index (Phi) is 5.23. The van der Waals surface area contributed by atoms with Crippen molar-refractivity contribution in [1.82, 2.24) is 19.1 Å². The molecule has 7 nitrogen and oxygen atoms in total. The van der Waals surface area contributed by atoms with Crippen LogP contribution in [0.2, 0.25) is 0 Å². The van der Waals surface area contributed by atoms with Gasteiger partial charge < -0.3 is 10.3 Å². The summed E-state index contributed by atoms with van der Waals surface area (Å²) in [5.74, 6) is 0.125. The Bertz CT molecular complexity index is 1390. The molecule has 0 saturated heterocycles. The lowest BCUT2D eigenvalue weighted by molar-refractivity contribution is -0.137. The Morgan fingerprint density at radius 2 is 1.69 bits per heavy atom. The smallest absolute Gasteiger partial charge is 0.399 e. The van der Waals surface area contributed by atoms with Gasteiger partial charge in [-0.1, -0.05) is 26.0 Å². The Hall–Kier alpha value is -3.69. The predicted octanol–water partition coefficient (Wildman–Crippen LogP) is 3.36. The summed E-state index contributed by atoms with van der Waals surface area (Å²) in [5.41, 5.74) is 4.71. The highest BCUT2D eigenvalue weighted by molar-refractivity contribution is 5.80. The number of hydrogen-bond donors (Lipinski definition) is 1. The second kappa shape index (κ2) is 7.77. The first-order chi connectivity index (χ1) is 15.0. The molecule has 0 unspecified atom stereocenters. The molecular formula is C22H20F3N5O2. The van der Waals surface area contributed by atoms with E-state index in [0.29, 0.717) is 23.3 Å². The maximum Gasteiger partial charge on any atom is 0.416 e. The number of halogens is 3. The van der Waals surface area contributed by atoms with Gasteiger partial charge in [-0.25, -0.2) is 9.78 Å². The van der Waals surface area contributed by atoms with Crippen molar-refractivity contribution in [3.63, 3.8) is 0 Å². The first-order valence-electron chi connectivity index (χ1n) is 9.91. The molecule has 0 aromatic heterocycles. The Labute approximate surface area is 180 Å². The minimum atomic E-state index is -4.56. The minimum Gasteiger partial charge on any atom is -0.399 e. The molecule has 2 aromatic carbocycles. The minimum absolute atomic E-state index is 0.00422. The molecule has 0 aliphatic carbocycles. The van der Waals surface area contributed by atoms with Crippen LogP contribution in [-0.2, 0) is 19.3 Å². The molecule has 2 aromatic rings. The van der Waals surface area contributed by atoms with E-state index in [0.717, 1.165) is 16.7 Å². The van der Waals surface area contributed by atoms with Crippen LogP contribution in [-0.4, -0.2) is 19.1 Å². The number of nitrogens with zero attached hydrogens (tertiary/aromatic N) is 4. The fourth-order valence-corrected chi connectivity index (χ4v) is 3.55. The first kappa shape index (κ1) is 21.5. The highest BCUT2D eigenvalue weighted by Crippen LogP contribution is 2.32. The van der Waals surface area contributed by atoms with Gasteiger partial charge in [0.05, 0.1) is 23.1 Å². The zero-order chi connectivity index (χ0) is 23.2. The number of nitrogen functional groups attached to an aromatic ring is 1. The second-order valence-electron chi connectivity index (χ2n) is 8.02. The molecule has 166 valence electrons. The van der Waals surface area contributed by atoms with E-state index < -0.39 is 23.0 Å². The van der Waals surface area contributed by atoms with Gasteiger partial charge in [0.15, 0.2) is 11.5 Å². The molecule has 0 fully saturated rings. The standard InChI is InChI=1S/C22H20F3N5O2/c1-12(2)10-29-17-8-5-14(22(23,24)25)9-16(17)27-18-19(29)28-21(32)30(20(18)31)11-13-3-6-15(26)7-4-13/h3-9,12H,10-11,26H2,1-2H3. The number of alkyl halides is 3. The number of anilines is 1. The highest BCUT2D eigenvalue weighted by atomic mass is 19.4. The van der Waals surface area contributed by atoms with Crippen LogP contribution >= 0.6 is 0 Å². The van der Waals surface area contributed by atoms with Gasteiger partial charge in [0.25, 0.3) is 5.56 Å². The molecule has 0 saturated carbocycles. The third kappa shape index (κ3) is 3.95. The highest BCUT2D eigenvalue weighted by Gasteiger charge is 2.31. The van der Waals surface area contributed by atoms with Crippen molar-refractivity contribution in [2.45, 2.75) is 33.1 Å². The number of fused-ring (bicyclic) bond motifs is 2. The van der Waals surface area contributed by atoms with Gasteiger partial charge in [0, 0.05) is 12.2 Å². The van der Waals surface area contributed by atoms with Crippen LogP contribution in [0.5, 0.6) is 0 Å². The predicted molar refractivity (Wildman–Crippen MR) is 114 cm³/mol. The SMILES string of the molecule is CC(C)Cn1c2nc(=O)n(Cc3ccc(N)cc3)c(=O)c-2nc2cc(C(F)(F)F)ccc21. The van der Waals surface area contributed by atoms with Crippen LogP contribution in [0, 0.1) is 5.92 Å². The molecule has 32 heavy (non-hydrogen) atoms. The number of aromatic nitrogens is 4. The lowest BCUT2D eigenvalue weighted by Gasteiger charge is -2.20. The van der Waals surface area contributed by atoms with Gasteiger partial charge in [0.2, 0.25) is 0 Å². The van der Waals surface area contributed by atoms with Crippen LogP contribution in [0.25, 0.3) is 22.6 Å². The lowest BCUT2D eigenvalue weighted by atomic mass is 10.1. The van der Waals surface area contributed by atoms with Crippen LogP contribution in [0.4, 0.5) is 18.9 Å². The summed E-state index contributed by atoms with van der Waals surface area (Å²) in [4.78, 5) is 34.2. The van der Waals surface area contributed by atoms with Gasteiger partial charge in [0.1, 0.15) is 0 Å². The van der Waals surface area contributed by atoms with Crippen LogP contribution in [0.1, 0.15) is 25.0 Å². The second-order valence-corrected chi connectivity index (χ2v) is 8.02. The van der Waals surface area contributed by atoms with E-state index in [1.54, 1.807) is 28.8 Å². The molecular weight excluding hydrogens is 423 g/mol. The quantitative estimate of drug-likeness (QED) is 0.385. The van der Waals surface area contributed by atoms with Crippen molar-refractivity contribution in [3.05, 3.63) is 74.4 Å². The van der Waals surface area contributed by atoms with Crippen molar-refractivity contribution >= 4 is 16.7 Å². The van der Waals surface area contributed by atoms with Crippen molar-refractivity contribution in [2.75, 3.05) is 5.73 Å². The zero-order valence-corrected chi connectivity index (χ0v) is 17.3. The molecule has 4 rings (SSSR count). The van der Waals surface area contributed by atoms with Crippen molar-refractivity contribution < 1.29 is 13.2 Å². The van der Waals surface area contributed by atoms with E-state index in [2.05, 4.69) is 9.97 Å². The van der Waals surface area contributed by atoms with E-state index in [4.69, 9.17) is 5.73 Å². The Morgan fingerprint density at radius 1 is 1.00 bits per heavy atom. The molecule has 0 amide bonds. The van der Waals surface area contributed by atoms with Gasteiger partial charge in [-0.15, -0.1) is 0 Å². The number of rotatable bonds is 4. The molecule has 2 heterocycles. The summed E-state index contributed by atoms with van der Waals surface area (Å²) >= 11 is 0. The molecule has 2 aliphatic heterocycles. The summed E-state index contributed by atoms with van der Waals surface area (Å²) in [5, 5.41) is 0. The number of benzene rings is 2. The molecule has 0 bridgehead atoms. The van der Waals surface area contributed by atoms with E-state index in [-0.39, 0.29) is 29.5 Å². The number of nitrogens with two attached hydrogens (primary N) is 1. The van der Waals surface area contributed by atoms with E-state index >= 15 is 0 Å². The average Bonchev–Trinajstić information content (AvgIpc) is 2.72. The fourth-order valence-electron chi connectivity index (χ4n) is 3.55. The lowest BCUT2D eigenvalue weighted by Crippen LogP contribution is -2.39. The summed E-state index contributed by atoms with van der Waals surface area (Å²) in [6.07, 6.45) is -4.56. The van der Waals surface area contributed by atoms with Crippen molar-refractivity contribution in [1.29, 1.82) is 0 Å². The van der Waals surface area contributed by atoms with E-state index in [1.807, 2.05) is 13.8 Å². The molecule has 0 radical (unpaired) electrons. The summed E-state index contributed by atoms with van der Waals surface area (Å²) in [6.45, 7) is 4.10. The average molecular weight is 443 g/mol. The normalized spacial score (nSPS) is 12.2. The van der Waals surface area contributed by atoms with E-state index in [1.165, 1.54) is 6.07 Å². The molecule has 2 aliphatic rings. The van der Waals surface area contributed by atoms with Crippen molar-refractivity contribution in [3.8, 4) is 11.5 Å². The van der Waals surface area contributed by atoms with Crippen LogP contribution in [0.15, 0.2) is 52.1 Å². The maximum absolute atomic E-state index is 13.2. The molecule has 0 spiro atoms. The summed E-state index contributed by atoms with van der Waals surface area (Å²) < 4.78 is 42.2. The Morgan fingerprint density at radius 3 is 2.31 bits per heavy atom. The van der Waals surface area contributed by atoms with Gasteiger partial charge >= 0.3 is 11.9 Å². The van der Waals surface area contributed by atoms with Gasteiger partial charge in [-0.05, 0) is 41.8 Å². The number of hydrogen-bond acceptors (Lipinski definition) is 5. The third-order valence-corrected chi connectivity index (χ3v) is 5.04. The summed E-state index contributed by atoms with van der Waals surface area (Å²) in [7, 11) is 0. The van der Waals surface area contributed by atoms with Crippen molar-refractivity contribution in [2.24, 2.45) is 5.92 Å². The summed E-state index contributed by atoms with van der Waals surface area (Å²) in [6, 6.07) is 9.77. The van der Waals surface area contributed by atoms with Crippen LogP contribution in [0.3, 0.4) is 0 Å². The zero-order valence-electron chi connectivity index (χ0n) is 17.3. The first-order valence-corrected chi connectivity index (χ1v) is 9.91. The van der Waals surface area contributed by atoms with Crippen LogP contribution < -0.4 is 17.0 Å². The van der Waals surface area contributed by atoms with E-state index in [9.17, 15) is 22.8 Å². The molecule has 10 heteroatoms. The molecule has 2 N–H and O–H groups in total. The largest absolute Gasteiger partial charge is 0.416 e. The van der Waals surface area contributed by atoms with Gasteiger partial charge in [-0.3, -0.25) is 9.36 Å². The fraction of sp³-hybridized carbons (Fsp3) is 0.273. The van der Waals surface area contributed by atoms with Gasteiger partial charge in [-0.2, -0.15) is 18.2 Å². The Balaban J connectivity index is 1.99. The third-order valence-electron chi connectivity index (χ3n) is 5.04. The monoisotopic (exact) mass is 443 g/mol. The topological polar surface area (TPSA) is 95.8 Å². The maximum atomic E-state index is 13.2. The molecule has 0 atom stereocenters.